The van der Waals surface area contributed by atoms with Crippen molar-refractivity contribution in [1.82, 2.24) is 4.90 Å². The van der Waals surface area contributed by atoms with E-state index in [0.717, 1.165) is 30.7 Å². The van der Waals surface area contributed by atoms with E-state index in [1.807, 2.05) is 0 Å². The van der Waals surface area contributed by atoms with Crippen LogP contribution in [0.4, 0.5) is 17.6 Å². The molecule has 0 heterocycles. The summed E-state index contributed by atoms with van der Waals surface area (Å²) in [5.41, 5.74) is -1.58. The van der Waals surface area contributed by atoms with E-state index < -0.39 is 23.5 Å². The first-order valence-electron chi connectivity index (χ1n) is 6.45. The van der Waals surface area contributed by atoms with E-state index >= 15 is 0 Å². The summed E-state index contributed by atoms with van der Waals surface area (Å²) in [5, 5.41) is 0.873. The van der Waals surface area contributed by atoms with Crippen LogP contribution in [-0.2, 0) is 6.18 Å². The van der Waals surface area contributed by atoms with E-state index in [1.54, 1.807) is 0 Å². The molecule has 0 atom stereocenters. The Bertz CT molecular complexity index is 490. The van der Waals surface area contributed by atoms with E-state index in [-0.39, 0.29) is 5.56 Å². The Labute approximate surface area is 129 Å². The summed E-state index contributed by atoms with van der Waals surface area (Å²) in [7, 11) is 1.52. The van der Waals surface area contributed by atoms with Crippen molar-refractivity contribution in [3.8, 4) is 0 Å². The fourth-order valence-corrected chi connectivity index (χ4v) is 2.21. The number of carbonyl (C=O) groups excluding carboxylic acids is 1. The van der Waals surface area contributed by atoms with Crippen molar-refractivity contribution >= 4 is 21.8 Å². The average molecular weight is 370 g/mol. The van der Waals surface area contributed by atoms with E-state index in [9.17, 15) is 22.4 Å². The highest BCUT2D eigenvalue weighted by Crippen LogP contribution is 2.32. The molecular formula is C14H16BrF4NO. The van der Waals surface area contributed by atoms with Crippen LogP contribution >= 0.6 is 15.9 Å². The summed E-state index contributed by atoms with van der Waals surface area (Å²) in [5.74, 6) is -1.92. The van der Waals surface area contributed by atoms with Gasteiger partial charge in [-0.15, -0.1) is 0 Å². The third-order valence-corrected chi connectivity index (χ3v) is 3.55. The summed E-state index contributed by atoms with van der Waals surface area (Å²) in [4.78, 5) is 13.4. The lowest BCUT2D eigenvalue weighted by Gasteiger charge is -2.18. The highest BCUT2D eigenvalue weighted by atomic mass is 79.9. The number of benzene rings is 1. The molecule has 0 aliphatic rings. The highest BCUT2D eigenvalue weighted by molar-refractivity contribution is 9.09. The summed E-state index contributed by atoms with van der Waals surface area (Å²) >= 11 is 3.29. The molecule has 0 bridgehead atoms. The molecule has 0 aliphatic heterocycles. The molecule has 0 aliphatic carbocycles. The van der Waals surface area contributed by atoms with E-state index in [4.69, 9.17) is 0 Å². The summed E-state index contributed by atoms with van der Waals surface area (Å²) in [6, 6.07) is 2.31. The van der Waals surface area contributed by atoms with Gasteiger partial charge in [0.2, 0.25) is 0 Å². The second kappa shape index (κ2) is 7.77. The maximum Gasteiger partial charge on any atom is 0.419 e. The van der Waals surface area contributed by atoms with Crippen LogP contribution in [0, 0.1) is 5.82 Å². The molecule has 2 nitrogen and oxygen atoms in total. The van der Waals surface area contributed by atoms with Gasteiger partial charge >= 0.3 is 6.18 Å². The lowest BCUT2D eigenvalue weighted by atomic mass is 10.1. The molecule has 0 spiro atoms. The Morgan fingerprint density at radius 1 is 1.24 bits per heavy atom. The van der Waals surface area contributed by atoms with Crippen molar-refractivity contribution < 1.29 is 22.4 Å². The summed E-state index contributed by atoms with van der Waals surface area (Å²) in [6.45, 7) is 0.449. The van der Waals surface area contributed by atoms with Gasteiger partial charge in [0.25, 0.3) is 5.91 Å². The van der Waals surface area contributed by atoms with Crippen molar-refractivity contribution in [2.24, 2.45) is 0 Å². The normalized spacial score (nSPS) is 11.5. The number of nitrogens with zero attached hydrogens (tertiary/aromatic N) is 1. The smallest absolute Gasteiger partial charge is 0.342 e. The molecule has 7 heteroatoms. The van der Waals surface area contributed by atoms with E-state index in [1.165, 1.54) is 11.9 Å². The minimum Gasteiger partial charge on any atom is -0.342 e. The molecule has 0 aromatic heterocycles. The zero-order valence-corrected chi connectivity index (χ0v) is 13.1. The molecule has 1 aromatic carbocycles. The number of carbonyl (C=O) groups is 1. The molecule has 21 heavy (non-hydrogen) atoms. The summed E-state index contributed by atoms with van der Waals surface area (Å²) in [6.07, 6.45) is -2.16. The maximum absolute atomic E-state index is 13.2. The molecule has 0 unspecified atom stereocenters. The van der Waals surface area contributed by atoms with Crippen LogP contribution in [0.3, 0.4) is 0 Å². The number of hydrogen-bond acceptors (Lipinski definition) is 1. The molecule has 118 valence electrons. The number of hydrogen-bond donors (Lipinski definition) is 0. The van der Waals surface area contributed by atoms with Crippen LogP contribution in [-0.4, -0.2) is 29.7 Å². The number of alkyl halides is 4. The van der Waals surface area contributed by atoms with Crippen LogP contribution in [0.5, 0.6) is 0 Å². The third kappa shape index (κ3) is 5.30. The first-order chi connectivity index (χ1) is 9.77. The summed E-state index contributed by atoms with van der Waals surface area (Å²) < 4.78 is 51.0. The van der Waals surface area contributed by atoms with Gasteiger partial charge in [-0.05, 0) is 31.0 Å². The molecule has 1 aromatic rings. The monoisotopic (exact) mass is 369 g/mol. The van der Waals surface area contributed by atoms with Crippen LogP contribution in [0.1, 0.15) is 35.2 Å². The Balaban J connectivity index is 2.78. The predicted molar refractivity (Wildman–Crippen MR) is 76.0 cm³/mol. The van der Waals surface area contributed by atoms with Gasteiger partial charge in [-0.3, -0.25) is 4.79 Å². The van der Waals surface area contributed by atoms with Crippen molar-refractivity contribution in [2.45, 2.75) is 25.4 Å². The lowest BCUT2D eigenvalue weighted by Crippen LogP contribution is -2.28. The van der Waals surface area contributed by atoms with Crippen molar-refractivity contribution in [3.63, 3.8) is 0 Å². The standard InChI is InChI=1S/C14H16BrF4NO/c1-20(8-4-2-3-7-15)13(21)10-5-6-12(16)11(9-10)14(17,18)19/h5-6,9H,2-4,7-8H2,1H3. The largest absolute Gasteiger partial charge is 0.419 e. The van der Waals surface area contributed by atoms with Gasteiger partial charge in [0.15, 0.2) is 0 Å². The Hall–Kier alpha value is -1.11. The van der Waals surface area contributed by atoms with Gasteiger partial charge in [0.1, 0.15) is 5.82 Å². The fraction of sp³-hybridized carbons (Fsp3) is 0.500. The molecule has 0 saturated heterocycles. The zero-order chi connectivity index (χ0) is 16.0. The zero-order valence-electron chi connectivity index (χ0n) is 11.5. The number of rotatable bonds is 6. The van der Waals surface area contributed by atoms with Gasteiger partial charge in [-0.2, -0.15) is 13.2 Å². The van der Waals surface area contributed by atoms with Gasteiger partial charge in [-0.1, -0.05) is 22.4 Å². The SMILES string of the molecule is CN(CCCCCBr)C(=O)c1ccc(F)c(C(F)(F)F)c1. The highest BCUT2D eigenvalue weighted by Gasteiger charge is 2.34. The minimum absolute atomic E-state index is 0.160. The predicted octanol–water partition coefficient (Wildman–Crippen LogP) is 4.48. The van der Waals surface area contributed by atoms with Crippen LogP contribution in [0.2, 0.25) is 0 Å². The van der Waals surface area contributed by atoms with Gasteiger partial charge < -0.3 is 4.90 Å². The molecule has 1 amide bonds. The van der Waals surface area contributed by atoms with Crippen molar-refractivity contribution in [2.75, 3.05) is 18.9 Å². The Morgan fingerprint density at radius 3 is 2.48 bits per heavy atom. The number of halogens is 5. The van der Waals surface area contributed by atoms with E-state index in [0.29, 0.717) is 18.7 Å². The van der Waals surface area contributed by atoms with Crippen LogP contribution in [0.15, 0.2) is 18.2 Å². The third-order valence-electron chi connectivity index (χ3n) is 2.99. The van der Waals surface area contributed by atoms with Gasteiger partial charge in [0.05, 0.1) is 5.56 Å². The first kappa shape index (κ1) is 17.9. The maximum atomic E-state index is 13.2. The Morgan fingerprint density at radius 2 is 1.90 bits per heavy atom. The Kier molecular flexibility index (Phi) is 6.64. The van der Waals surface area contributed by atoms with Crippen LogP contribution in [0.25, 0.3) is 0 Å². The quantitative estimate of drug-likeness (QED) is 0.411. The first-order valence-corrected chi connectivity index (χ1v) is 7.57. The fourth-order valence-electron chi connectivity index (χ4n) is 1.82. The van der Waals surface area contributed by atoms with Crippen LogP contribution < -0.4 is 0 Å². The van der Waals surface area contributed by atoms with Crippen molar-refractivity contribution in [1.29, 1.82) is 0 Å². The topological polar surface area (TPSA) is 20.3 Å². The number of amides is 1. The average Bonchev–Trinajstić information content (AvgIpc) is 2.42. The second-order valence-electron chi connectivity index (χ2n) is 4.67. The number of unbranched alkanes of at least 4 members (excludes halogenated alkanes) is 2. The van der Waals surface area contributed by atoms with E-state index in [2.05, 4.69) is 15.9 Å². The molecule has 0 fully saturated rings. The second-order valence-corrected chi connectivity index (χ2v) is 5.46. The molecule has 1 rings (SSSR count). The molecule has 0 saturated carbocycles. The molecule has 0 radical (unpaired) electrons. The van der Waals surface area contributed by atoms with Gasteiger partial charge in [0, 0.05) is 24.5 Å². The lowest BCUT2D eigenvalue weighted by molar-refractivity contribution is -0.140. The van der Waals surface area contributed by atoms with Gasteiger partial charge in [-0.25, -0.2) is 4.39 Å². The molecule has 0 N–H and O–H groups in total. The minimum atomic E-state index is -4.81. The molecular weight excluding hydrogens is 354 g/mol. The van der Waals surface area contributed by atoms with Crippen molar-refractivity contribution in [3.05, 3.63) is 35.1 Å².